The van der Waals surface area contributed by atoms with E-state index in [1.807, 2.05) is 25.1 Å². The Morgan fingerprint density at radius 2 is 2.04 bits per heavy atom. The van der Waals surface area contributed by atoms with E-state index in [4.69, 9.17) is 26.4 Å². The van der Waals surface area contributed by atoms with Crippen molar-refractivity contribution in [2.75, 3.05) is 20.3 Å². The monoisotopic (exact) mass is 392 g/mol. The highest BCUT2D eigenvalue weighted by Crippen LogP contribution is 2.39. The molecule has 27 heavy (non-hydrogen) atoms. The third-order valence-electron chi connectivity index (χ3n) is 4.30. The van der Waals surface area contributed by atoms with Crippen LogP contribution in [0.25, 0.3) is 0 Å². The number of carbonyl (C=O) groups is 1. The molecule has 1 atom stereocenters. The second-order valence-electron chi connectivity index (χ2n) is 6.22. The van der Waals surface area contributed by atoms with Gasteiger partial charge in [0.2, 0.25) is 0 Å². The standard InChI is InChI=1S/C20H28N2O4S/c1-5-7-8-12-26-18-14(10-9-11-15(18)24-4)17-16(19(23)25-6-2)13(3)21-20(27)22-17/h9-11,17H,5-8,12H2,1-4H3,(H2,21,22,27)/t17-/m1/s1. The van der Waals surface area contributed by atoms with Crippen LogP contribution in [0.15, 0.2) is 29.5 Å². The average molecular weight is 393 g/mol. The van der Waals surface area contributed by atoms with Crippen LogP contribution in [0.5, 0.6) is 11.5 Å². The molecular weight excluding hydrogens is 364 g/mol. The predicted molar refractivity (Wildman–Crippen MR) is 109 cm³/mol. The van der Waals surface area contributed by atoms with E-state index in [2.05, 4.69) is 17.6 Å². The van der Waals surface area contributed by atoms with Gasteiger partial charge >= 0.3 is 5.97 Å². The van der Waals surface area contributed by atoms with Gasteiger partial charge in [-0.15, -0.1) is 0 Å². The molecule has 7 heteroatoms. The van der Waals surface area contributed by atoms with Gasteiger partial charge in [0.05, 0.1) is 31.9 Å². The zero-order valence-electron chi connectivity index (χ0n) is 16.4. The van der Waals surface area contributed by atoms with Gasteiger partial charge < -0.3 is 24.8 Å². The third kappa shape index (κ3) is 5.13. The molecule has 0 aliphatic carbocycles. The number of esters is 1. The van der Waals surface area contributed by atoms with E-state index in [0.717, 1.165) is 24.8 Å². The summed E-state index contributed by atoms with van der Waals surface area (Å²) in [5.41, 5.74) is 1.94. The van der Waals surface area contributed by atoms with E-state index >= 15 is 0 Å². The molecule has 6 nitrogen and oxygen atoms in total. The summed E-state index contributed by atoms with van der Waals surface area (Å²) in [6, 6.07) is 5.15. The smallest absolute Gasteiger partial charge is 0.338 e. The van der Waals surface area contributed by atoms with Crippen molar-refractivity contribution in [2.45, 2.75) is 46.1 Å². The number of thiocarbonyl (C=S) groups is 1. The molecule has 0 saturated carbocycles. The highest BCUT2D eigenvalue weighted by Gasteiger charge is 2.33. The van der Waals surface area contributed by atoms with E-state index in [1.165, 1.54) is 0 Å². The fourth-order valence-corrected chi connectivity index (χ4v) is 3.28. The summed E-state index contributed by atoms with van der Waals surface area (Å²) >= 11 is 5.31. The first-order chi connectivity index (χ1) is 13.0. The quantitative estimate of drug-likeness (QED) is 0.378. The molecule has 1 aliphatic rings. The Morgan fingerprint density at radius 3 is 2.70 bits per heavy atom. The molecule has 0 amide bonds. The predicted octanol–water partition coefficient (Wildman–Crippen LogP) is 3.62. The number of para-hydroxylation sites is 1. The molecular formula is C20H28N2O4S. The summed E-state index contributed by atoms with van der Waals surface area (Å²) in [4.78, 5) is 12.6. The van der Waals surface area contributed by atoms with Crippen LogP contribution < -0.4 is 20.1 Å². The maximum Gasteiger partial charge on any atom is 0.338 e. The molecule has 1 aromatic rings. The van der Waals surface area contributed by atoms with Crippen LogP contribution in [-0.2, 0) is 9.53 Å². The van der Waals surface area contributed by atoms with Gasteiger partial charge in [0.15, 0.2) is 16.6 Å². The van der Waals surface area contributed by atoms with Gasteiger partial charge in [-0.1, -0.05) is 31.9 Å². The maximum absolute atomic E-state index is 12.6. The molecule has 0 aromatic heterocycles. The van der Waals surface area contributed by atoms with Crippen molar-refractivity contribution in [1.82, 2.24) is 10.6 Å². The Hall–Kier alpha value is -2.28. The first-order valence-corrected chi connectivity index (χ1v) is 9.69. The first-order valence-electron chi connectivity index (χ1n) is 9.28. The van der Waals surface area contributed by atoms with Gasteiger partial charge in [0.25, 0.3) is 0 Å². The lowest BCUT2D eigenvalue weighted by Crippen LogP contribution is -2.45. The van der Waals surface area contributed by atoms with Crippen LogP contribution in [0.1, 0.15) is 51.6 Å². The number of ether oxygens (including phenoxy) is 3. The fraction of sp³-hybridized carbons (Fsp3) is 0.500. The molecule has 2 N–H and O–H groups in total. The summed E-state index contributed by atoms with van der Waals surface area (Å²) in [7, 11) is 1.60. The first kappa shape index (κ1) is 21.0. The van der Waals surface area contributed by atoms with Gasteiger partial charge in [-0.25, -0.2) is 4.79 Å². The van der Waals surface area contributed by atoms with E-state index < -0.39 is 6.04 Å². The molecule has 1 aliphatic heterocycles. The largest absolute Gasteiger partial charge is 0.493 e. The Morgan fingerprint density at radius 1 is 1.26 bits per heavy atom. The number of rotatable bonds is 9. The summed E-state index contributed by atoms with van der Waals surface area (Å²) in [6.45, 7) is 6.62. The average Bonchev–Trinajstić information content (AvgIpc) is 2.64. The lowest BCUT2D eigenvalue weighted by Gasteiger charge is -2.31. The Balaban J connectivity index is 2.45. The minimum Gasteiger partial charge on any atom is -0.493 e. The van der Waals surface area contributed by atoms with Crippen LogP contribution in [0.3, 0.4) is 0 Å². The summed E-state index contributed by atoms with van der Waals surface area (Å²) in [5, 5.41) is 6.62. The maximum atomic E-state index is 12.6. The summed E-state index contributed by atoms with van der Waals surface area (Å²) in [5.74, 6) is 0.853. The number of hydrogen-bond donors (Lipinski definition) is 2. The van der Waals surface area contributed by atoms with Gasteiger partial charge in [0, 0.05) is 11.3 Å². The number of carbonyl (C=O) groups excluding carboxylic acids is 1. The zero-order valence-corrected chi connectivity index (χ0v) is 17.2. The van der Waals surface area contributed by atoms with Crippen molar-refractivity contribution in [2.24, 2.45) is 0 Å². The Kier molecular flexibility index (Phi) is 7.91. The van der Waals surface area contributed by atoms with E-state index in [9.17, 15) is 4.79 Å². The van der Waals surface area contributed by atoms with Gasteiger partial charge in [-0.2, -0.15) is 0 Å². The molecule has 0 spiro atoms. The number of hydrogen-bond acceptors (Lipinski definition) is 5. The van der Waals surface area contributed by atoms with Crippen molar-refractivity contribution in [1.29, 1.82) is 0 Å². The number of methoxy groups -OCH3 is 1. The molecule has 1 aromatic carbocycles. The normalized spacial score (nSPS) is 16.4. The van der Waals surface area contributed by atoms with E-state index in [1.54, 1.807) is 14.0 Å². The zero-order chi connectivity index (χ0) is 19.8. The third-order valence-corrected chi connectivity index (χ3v) is 4.52. The van der Waals surface area contributed by atoms with Crippen molar-refractivity contribution >= 4 is 23.3 Å². The van der Waals surface area contributed by atoms with Gasteiger partial charge in [-0.05, 0) is 38.6 Å². The lowest BCUT2D eigenvalue weighted by molar-refractivity contribution is -0.139. The molecule has 0 unspecified atom stereocenters. The van der Waals surface area contributed by atoms with E-state index in [-0.39, 0.29) is 5.97 Å². The number of nitrogens with one attached hydrogen (secondary N) is 2. The Bertz CT molecular complexity index is 718. The van der Waals surface area contributed by atoms with Crippen LogP contribution in [0.2, 0.25) is 0 Å². The lowest BCUT2D eigenvalue weighted by atomic mass is 9.94. The molecule has 0 fully saturated rings. The van der Waals surface area contributed by atoms with Crippen LogP contribution in [0.4, 0.5) is 0 Å². The van der Waals surface area contributed by atoms with Crippen LogP contribution in [0, 0.1) is 0 Å². The minimum atomic E-state index is -0.478. The van der Waals surface area contributed by atoms with Gasteiger partial charge in [-0.3, -0.25) is 0 Å². The van der Waals surface area contributed by atoms with Crippen LogP contribution >= 0.6 is 12.2 Å². The molecule has 1 heterocycles. The van der Waals surface area contributed by atoms with Crippen molar-refractivity contribution in [3.8, 4) is 11.5 Å². The summed E-state index contributed by atoms with van der Waals surface area (Å²) in [6.07, 6.45) is 3.15. The Labute approximate surface area is 166 Å². The number of allylic oxidation sites excluding steroid dienone is 1. The topological polar surface area (TPSA) is 68.8 Å². The summed E-state index contributed by atoms with van der Waals surface area (Å²) < 4.78 is 16.8. The van der Waals surface area contributed by atoms with E-state index in [0.29, 0.717) is 41.1 Å². The van der Waals surface area contributed by atoms with Crippen molar-refractivity contribution in [3.05, 3.63) is 35.0 Å². The molecule has 2 rings (SSSR count). The second-order valence-corrected chi connectivity index (χ2v) is 6.63. The van der Waals surface area contributed by atoms with Crippen molar-refractivity contribution in [3.63, 3.8) is 0 Å². The molecule has 148 valence electrons. The molecule has 0 saturated heterocycles. The minimum absolute atomic E-state index is 0.297. The SMILES string of the molecule is CCCCCOc1c(OC)cccc1[C@H]1NC(=S)NC(C)=C1C(=O)OCC. The number of unbranched alkanes of at least 4 members (excludes halogenated alkanes) is 2. The second kappa shape index (κ2) is 10.2. The fourth-order valence-electron chi connectivity index (χ4n) is 3.01. The molecule has 0 bridgehead atoms. The highest BCUT2D eigenvalue weighted by molar-refractivity contribution is 7.80. The molecule has 0 radical (unpaired) electrons. The number of benzene rings is 1. The highest BCUT2D eigenvalue weighted by atomic mass is 32.1. The van der Waals surface area contributed by atoms with Crippen molar-refractivity contribution < 1.29 is 19.0 Å². The van der Waals surface area contributed by atoms with Crippen LogP contribution in [-0.4, -0.2) is 31.4 Å². The van der Waals surface area contributed by atoms with Gasteiger partial charge in [0.1, 0.15) is 0 Å².